The van der Waals surface area contributed by atoms with Gasteiger partial charge in [-0.1, -0.05) is 17.8 Å². The van der Waals surface area contributed by atoms with Crippen LogP contribution >= 0.6 is 11.8 Å². The summed E-state index contributed by atoms with van der Waals surface area (Å²) in [5.41, 5.74) is 2.50. The van der Waals surface area contributed by atoms with Gasteiger partial charge in [-0.3, -0.25) is 14.5 Å². The number of thioether (sulfide) groups is 1. The summed E-state index contributed by atoms with van der Waals surface area (Å²) in [7, 11) is 1.53. The summed E-state index contributed by atoms with van der Waals surface area (Å²) < 4.78 is 27.0. The molecule has 0 unspecified atom stereocenters. The minimum atomic E-state index is -0.787. The molecule has 0 aromatic heterocycles. The molecule has 1 heterocycles. The van der Waals surface area contributed by atoms with Crippen LogP contribution in [0, 0.1) is 11.6 Å². The molecule has 2 amide bonds. The highest BCUT2D eigenvalue weighted by atomic mass is 32.2. The van der Waals surface area contributed by atoms with E-state index in [1.807, 2.05) is 0 Å². The van der Waals surface area contributed by atoms with Gasteiger partial charge in [-0.05, 0) is 29.8 Å². The van der Waals surface area contributed by atoms with Gasteiger partial charge in [0.15, 0.2) is 5.17 Å². The Bertz CT molecular complexity index is 933. The van der Waals surface area contributed by atoms with Gasteiger partial charge in [0.25, 0.3) is 5.91 Å². The molecule has 2 N–H and O–H groups in total. The van der Waals surface area contributed by atoms with E-state index in [0.717, 1.165) is 12.1 Å². The predicted molar refractivity (Wildman–Crippen MR) is 93.6 cm³/mol. The van der Waals surface area contributed by atoms with Crippen LogP contribution in [0.15, 0.2) is 41.5 Å². The Morgan fingerprint density at radius 3 is 2.69 bits per heavy atom. The molecule has 0 radical (unpaired) electrons. The van der Waals surface area contributed by atoms with Crippen LogP contribution in [0.25, 0.3) is 11.1 Å². The molecule has 2 aromatic rings. The molecule has 6 nitrogen and oxygen atoms in total. The fraction of sp³-hybridized carbons (Fsp3) is 0.118. The molecule has 0 atom stereocenters. The number of nitrogens with one attached hydrogen (secondary N) is 1. The van der Waals surface area contributed by atoms with E-state index < -0.39 is 17.5 Å². The number of phenolic OH excluding ortho intramolecular Hbond substituents is 1. The van der Waals surface area contributed by atoms with Gasteiger partial charge < -0.3 is 5.11 Å². The normalized spacial score (nSPS) is 15.6. The van der Waals surface area contributed by atoms with Gasteiger partial charge in [0.05, 0.1) is 11.3 Å². The maximum absolute atomic E-state index is 13.9. The van der Waals surface area contributed by atoms with Gasteiger partial charge in [-0.2, -0.15) is 0 Å². The number of halogens is 2. The largest absolute Gasteiger partial charge is 0.507 e. The molecule has 1 aliphatic rings. The average Bonchev–Trinajstić information content (AvgIpc) is 2.92. The van der Waals surface area contributed by atoms with Gasteiger partial charge in [0.1, 0.15) is 17.4 Å². The first kappa shape index (κ1) is 17.9. The van der Waals surface area contributed by atoms with Crippen molar-refractivity contribution in [2.24, 2.45) is 5.10 Å². The molecule has 1 aliphatic heterocycles. The first-order valence-corrected chi connectivity index (χ1v) is 8.41. The number of amides is 2. The summed E-state index contributed by atoms with van der Waals surface area (Å²) in [6, 6.07) is 7.00. The number of benzene rings is 2. The minimum Gasteiger partial charge on any atom is -0.507 e. The highest BCUT2D eigenvalue weighted by molar-refractivity contribution is 8.15. The van der Waals surface area contributed by atoms with Crippen molar-refractivity contribution in [2.75, 3.05) is 12.8 Å². The summed E-state index contributed by atoms with van der Waals surface area (Å²) in [5.74, 6) is -2.46. The molecule has 134 valence electrons. The smallest absolute Gasteiger partial charge is 0.275 e. The Morgan fingerprint density at radius 1 is 1.27 bits per heavy atom. The molecule has 0 bridgehead atoms. The second-order valence-corrected chi connectivity index (χ2v) is 6.38. The number of rotatable bonds is 3. The predicted octanol–water partition coefficient (Wildman–Crippen LogP) is 2.54. The topological polar surface area (TPSA) is 82.0 Å². The monoisotopic (exact) mass is 377 g/mol. The molecule has 9 heteroatoms. The van der Waals surface area contributed by atoms with E-state index in [1.165, 1.54) is 48.0 Å². The quantitative estimate of drug-likeness (QED) is 0.806. The van der Waals surface area contributed by atoms with Crippen LogP contribution in [0.5, 0.6) is 5.75 Å². The lowest BCUT2D eigenvalue weighted by Gasteiger charge is -2.10. The van der Waals surface area contributed by atoms with Gasteiger partial charge >= 0.3 is 0 Å². The van der Waals surface area contributed by atoms with Crippen LogP contribution in [0.1, 0.15) is 10.4 Å². The fourth-order valence-electron chi connectivity index (χ4n) is 2.30. The van der Waals surface area contributed by atoms with Crippen LogP contribution in [0.4, 0.5) is 8.78 Å². The molecule has 0 saturated carbocycles. The number of hydrazone groups is 1. The zero-order valence-corrected chi connectivity index (χ0v) is 14.3. The number of amidine groups is 1. The number of hydrogen-bond acceptors (Lipinski definition) is 5. The van der Waals surface area contributed by atoms with E-state index in [-0.39, 0.29) is 28.5 Å². The molecule has 1 fully saturated rings. The molecule has 3 rings (SSSR count). The van der Waals surface area contributed by atoms with Crippen LogP contribution in [0.2, 0.25) is 0 Å². The Hall–Kier alpha value is -2.94. The summed E-state index contributed by atoms with van der Waals surface area (Å²) >= 11 is 1.17. The summed E-state index contributed by atoms with van der Waals surface area (Å²) in [4.78, 5) is 25.0. The lowest BCUT2D eigenvalue weighted by atomic mass is 10.0. The summed E-state index contributed by atoms with van der Waals surface area (Å²) in [6.07, 6.45) is 0. The first-order valence-electron chi connectivity index (χ1n) is 7.42. The lowest BCUT2D eigenvalue weighted by Crippen LogP contribution is -2.27. The highest BCUT2D eigenvalue weighted by Gasteiger charge is 2.25. The fourth-order valence-corrected chi connectivity index (χ4v) is 3.15. The molecular weight excluding hydrogens is 364 g/mol. The third-order valence-corrected chi connectivity index (χ3v) is 4.74. The average molecular weight is 377 g/mol. The highest BCUT2D eigenvalue weighted by Crippen LogP contribution is 2.28. The van der Waals surface area contributed by atoms with E-state index in [0.29, 0.717) is 10.7 Å². The van der Waals surface area contributed by atoms with Crippen LogP contribution in [-0.2, 0) is 4.79 Å². The minimum absolute atomic E-state index is 0.0865. The van der Waals surface area contributed by atoms with Crippen LogP contribution in [-0.4, -0.2) is 39.8 Å². The van der Waals surface area contributed by atoms with Gasteiger partial charge in [-0.25, -0.2) is 14.2 Å². The molecule has 0 aliphatic carbocycles. The SMILES string of the molecule is CN1C(=O)CS/C1=N\NC(=O)c1cc(-c2ccc(F)cc2F)ccc1O. The first-order chi connectivity index (χ1) is 12.4. The zero-order chi connectivity index (χ0) is 18.8. The lowest BCUT2D eigenvalue weighted by molar-refractivity contribution is -0.123. The van der Waals surface area contributed by atoms with Crippen molar-refractivity contribution in [1.82, 2.24) is 10.3 Å². The van der Waals surface area contributed by atoms with E-state index in [4.69, 9.17) is 0 Å². The van der Waals surface area contributed by atoms with Crippen LogP contribution < -0.4 is 5.43 Å². The van der Waals surface area contributed by atoms with E-state index in [1.54, 1.807) is 0 Å². The standard InChI is InChI=1S/C17H13F2N3O3S/c1-22-15(24)8-26-17(22)21-20-16(25)12-6-9(2-5-14(12)23)11-4-3-10(18)7-13(11)19/h2-7,23H,8H2,1H3,(H,20,25)/b21-17-. The van der Waals surface area contributed by atoms with E-state index in [9.17, 15) is 23.5 Å². The van der Waals surface area contributed by atoms with Crippen molar-refractivity contribution >= 4 is 28.7 Å². The Balaban J connectivity index is 1.87. The number of carbonyl (C=O) groups is 2. The maximum Gasteiger partial charge on any atom is 0.275 e. The summed E-state index contributed by atoms with van der Waals surface area (Å²) in [6.45, 7) is 0. The third kappa shape index (κ3) is 3.52. The van der Waals surface area contributed by atoms with Gasteiger partial charge in [0.2, 0.25) is 5.91 Å². The second kappa shape index (κ2) is 7.12. The molecular formula is C17H13F2N3O3S. The van der Waals surface area contributed by atoms with Crippen molar-refractivity contribution in [1.29, 1.82) is 0 Å². The van der Waals surface area contributed by atoms with Crippen molar-refractivity contribution in [3.05, 3.63) is 53.6 Å². The molecule has 1 saturated heterocycles. The Labute approximate surface area is 151 Å². The third-order valence-electron chi connectivity index (χ3n) is 3.72. The van der Waals surface area contributed by atoms with Crippen molar-refractivity contribution in [3.8, 4) is 16.9 Å². The number of hydrogen-bond donors (Lipinski definition) is 2. The van der Waals surface area contributed by atoms with E-state index >= 15 is 0 Å². The van der Waals surface area contributed by atoms with Gasteiger partial charge in [0, 0.05) is 18.7 Å². The second-order valence-electron chi connectivity index (χ2n) is 5.43. The van der Waals surface area contributed by atoms with Crippen LogP contribution in [0.3, 0.4) is 0 Å². The zero-order valence-electron chi connectivity index (χ0n) is 13.5. The molecule has 0 spiro atoms. The molecule has 2 aromatic carbocycles. The van der Waals surface area contributed by atoms with Crippen molar-refractivity contribution in [2.45, 2.75) is 0 Å². The maximum atomic E-state index is 13.9. The number of nitrogens with zero attached hydrogens (tertiary/aromatic N) is 2. The molecule has 26 heavy (non-hydrogen) atoms. The number of carbonyl (C=O) groups excluding carboxylic acids is 2. The van der Waals surface area contributed by atoms with Gasteiger partial charge in [-0.15, -0.1) is 5.10 Å². The number of aromatic hydroxyl groups is 1. The Morgan fingerprint density at radius 2 is 2.04 bits per heavy atom. The van der Waals surface area contributed by atoms with Crippen molar-refractivity contribution < 1.29 is 23.5 Å². The summed E-state index contributed by atoms with van der Waals surface area (Å²) in [5, 5.41) is 14.1. The number of phenols is 1. The Kier molecular flexibility index (Phi) is 4.90. The van der Waals surface area contributed by atoms with Crippen molar-refractivity contribution in [3.63, 3.8) is 0 Å². The van der Waals surface area contributed by atoms with E-state index in [2.05, 4.69) is 10.5 Å².